The van der Waals surface area contributed by atoms with E-state index in [1.807, 2.05) is 18.2 Å². The van der Waals surface area contributed by atoms with Gasteiger partial charge in [-0.15, -0.1) is 0 Å². The Labute approximate surface area is 116 Å². The lowest BCUT2D eigenvalue weighted by Gasteiger charge is -2.35. The maximum Gasteiger partial charge on any atom is 0.0771 e. The number of halogens is 1. The van der Waals surface area contributed by atoms with E-state index in [1.54, 1.807) is 0 Å². The number of para-hydroxylation sites is 1. The van der Waals surface area contributed by atoms with Gasteiger partial charge in [-0.3, -0.25) is 4.90 Å². The summed E-state index contributed by atoms with van der Waals surface area (Å²) >= 11 is 3.57. The van der Waals surface area contributed by atoms with Gasteiger partial charge in [0, 0.05) is 22.7 Å². The van der Waals surface area contributed by atoms with Crippen LogP contribution >= 0.6 is 15.9 Å². The molecule has 0 aliphatic carbocycles. The van der Waals surface area contributed by atoms with Crippen molar-refractivity contribution in [3.05, 3.63) is 28.7 Å². The monoisotopic (exact) mass is 310 g/mol. The number of aliphatic hydroxyl groups excluding tert-OH is 1. The van der Waals surface area contributed by atoms with E-state index in [-0.39, 0.29) is 12.1 Å². The molecule has 2 unspecified atom stereocenters. The van der Waals surface area contributed by atoms with Crippen molar-refractivity contribution in [2.75, 3.05) is 25.0 Å². The summed E-state index contributed by atoms with van der Waals surface area (Å²) in [7, 11) is 0. The summed E-state index contributed by atoms with van der Waals surface area (Å²) in [4.78, 5) is 2.51. The van der Waals surface area contributed by atoms with Gasteiger partial charge in [0.15, 0.2) is 0 Å². The van der Waals surface area contributed by atoms with Crippen LogP contribution in [0.25, 0.3) is 0 Å². The van der Waals surface area contributed by atoms with Crippen molar-refractivity contribution >= 4 is 21.6 Å². The molecule has 4 heteroatoms. The van der Waals surface area contributed by atoms with Gasteiger partial charge in [-0.1, -0.05) is 12.1 Å². The zero-order valence-electron chi connectivity index (χ0n) is 10.4. The number of nitrogens with one attached hydrogen (secondary N) is 1. The fourth-order valence-corrected chi connectivity index (χ4v) is 3.81. The van der Waals surface area contributed by atoms with Crippen LogP contribution in [0.4, 0.5) is 5.69 Å². The zero-order chi connectivity index (χ0) is 12.6. The average molecular weight is 311 g/mol. The highest BCUT2D eigenvalue weighted by Crippen LogP contribution is 2.39. The summed E-state index contributed by atoms with van der Waals surface area (Å²) in [6, 6.07) is 8.62. The molecule has 3 nitrogen and oxygen atoms in total. The molecule has 0 aromatic heterocycles. The molecule has 1 aromatic carbocycles. The molecule has 3 rings (SSSR count). The van der Waals surface area contributed by atoms with Crippen LogP contribution in [0.3, 0.4) is 0 Å². The normalized spacial score (nSPS) is 31.6. The third kappa shape index (κ3) is 1.96. The largest absolute Gasteiger partial charge is 0.394 e. The second-order valence-corrected chi connectivity index (χ2v) is 6.22. The van der Waals surface area contributed by atoms with Crippen LogP contribution in [0.2, 0.25) is 0 Å². The lowest BCUT2D eigenvalue weighted by atomic mass is 9.89. The van der Waals surface area contributed by atoms with Gasteiger partial charge in [0.05, 0.1) is 12.1 Å². The van der Waals surface area contributed by atoms with Crippen molar-refractivity contribution in [3.63, 3.8) is 0 Å². The van der Waals surface area contributed by atoms with Crippen molar-refractivity contribution < 1.29 is 5.11 Å². The minimum atomic E-state index is -0.166. The predicted octanol–water partition coefficient (Wildman–Crippen LogP) is 2.46. The molecule has 2 atom stereocenters. The molecule has 2 fully saturated rings. The highest BCUT2D eigenvalue weighted by Gasteiger charge is 2.48. The van der Waals surface area contributed by atoms with Crippen molar-refractivity contribution in [2.45, 2.75) is 30.8 Å². The topological polar surface area (TPSA) is 35.5 Å². The standard InChI is InChI=1S/C14H19BrN2O/c15-11-4-1-2-5-12(11)16-14(10-18)7-9-17-8-3-6-13(14)17/h1-2,4-5,13,16,18H,3,6-10H2. The summed E-state index contributed by atoms with van der Waals surface area (Å²) in [5.41, 5.74) is 0.917. The Morgan fingerprint density at radius 3 is 3.00 bits per heavy atom. The number of anilines is 1. The molecule has 0 bridgehead atoms. The lowest BCUT2D eigenvalue weighted by molar-refractivity contribution is 0.175. The number of hydrogen-bond acceptors (Lipinski definition) is 3. The molecule has 98 valence electrons. The first-order chi connectivity index (χ1) is 8.75. The number of benzene rings is 1. The van der Waals surface area contributed by atoms with Gasteiger partial charge in [0.25, 0.3) is 0 Å². The molecular formula is C14H19BrN2O. The van der Waals surface area contributed by atoms with Gasteiger partial charge in [0.1, 0.15) is 0 Å². The van der Waals surface area contributed by atoms with E-state index in [9.17, 15) is 5.11 Å². The number of rotatable bonds is 3. The predicted molar refractivity (Wildman–Crippen MR) is 76.8 cm³/mol. The minimum absolute atomic E-state index is 0.166. The van der Waals surface area contributed by atoms with Crippen LogP contribution < -0.4 is 5.32 Å². The van der Waals surface area contributed by atoms with Crippen LogP contribution in [0.1, 0.15) is 19.3 Å². The Morgan fingerprint density at radius 1 is 1.39 bits per heavy atom. The molecule has 2 saturated heterocycles. The average Bonchev–Trinajstić information content (AvgIpc) is 2.96. The molecule has 2 heterocycles. The number of fused-ring (bicyclic) bond motifs is 1. The molecule has 0 saturated carbocycles. The lowest BCUT2D eigenvalue weighted by Crippen LogP contribution is -2.51. The Hall–Kier alpha value is -0.580. The maximum absolute atomic E-state index is 9.91. The second kappa shape index (κ2) is 4.83. The first kappa shape index (κ1) is 12.5. The Balaban J connectivity index is 1.87. The summed E-state index contributed by atoms with van der Waals surface area (Å²) in [5, 5.41) is 13.5. The molecule has 2 aliphatic rings. The number of nitrogens with zero attached hydrogens (tertiary/aromatic N) is 1. The van der Waals surface area contributed by atoms with E-state index in [0.717, 1.165) is 23.1 Å². The smallest absolute Gasteiger partial charge is 0.0771 e. The summed E-state index contributed by atoms with van der Waals surface area (Å²) in [6.07, 6.45) is 3.47. The van der Waals surface area contributed by atoms with Gasteiger partial charge in [0.2, 0.25) is 0 Å². The van der Waals surface area contributed by atoms with Crippen LogP contribution in [-0.2, 0) is 0 Å². The summed E-state index contributed by atoms with van der Waals surface area (Å²) < 4.78 is 1.06. The summed E-state index contributed by atoms with van der Waals surface area (Å²) in [6.45, 7) is 2.49. The first-order valence-electron chi connectivity index (χ1n) is 6.63. The van der Waals surface area contributed by atoms with Crippen molar-refractivity contribution in [1.29, 1.82) is 0 Å². The Bertz CT molecular complexity index is 440. The van der Waals surface area contributed by atoms with Crippen LogP contribution in [0.5, 0.6) is 0 Å². The molecule has 18 heavy (non-hydrogen) atoms. The second-order valence-electron chi connectivity index (χ2n) is 5.36. The fourth-order valence-electron chi connectivity index (χ4n) is 3.43. The fraction of sp³-hybridized carbons (Fsp3) is 0.571. The first-order valence-corrected chi connectivity index (χ1v) is 7.42. The third-order valence-electron chi connectivity index (χ3n) is 4.39. The van der Waals surface area contributed by atoms with E-state index in [1.165, 1.54) is 19.4 Å². The third-order valence-corrected chi connectivity index (χ3v) is 5.08. The van der Waals surface area contributed by atoms with Gasteiger partial charge in [-0.25, -0.2) is 0 Å². The number of aliphatic hydroxyl groups is 1. The molecule has 2 aliphatic heterocycles. The molecular weight excluding hydrogens is 292 g/mol. The molecule has 2 N–H and O–H groups in total. The molecule has 0 amide bonds. The van der Waals surface area contributed by atoms with E-state index >= 15 is 0 Å². The van der Waals surface area contributed by atoms with Gasteiger partial charge < -0.3 is 10.4 Å². The van der Waals surface area contributed by atoms with E-state index < -0.39 is 0 Å². The highest BCUT2D eigenvalue weighted by molar-refractivity contribution is 9.10. The van der Waals surface area contributed by atoms with E-state index in [0.29, 0.717) is 6.04 Å². The van der Waals surface area contributed by atoms with E-state index in [2.05, 4.69) is 32.2 Å². The van der Waals surface area contributed by atoms with Gasteiger partial charge in [-0.2, -0.15) is 0 Å². The van der Waals surface area contributed by atoms with Gasteiger partial charge in [-0.05, 0) is 53.9 Å². The van der Waals surface area contributed by atoms with Crippen LogP contribution in [0, 0.1) is 0 Å². The van der Waals surface area contributed by atoms with Crippen molar-refractivity contribution in [1.82, 2.24) is 4.90 Å². The Kier molecular flexibility index (Phi) is 3.34. The minimum Gasteiger partial charge on any atom is -0.394 e. The maximum atomic E-state index is 9.91. The summed E-state index contributed by atoms with van der Waals surface area (Å²) in [5.74, 6) is 0. The number of hydrogen-bond donors (Lipinski definition) is 2. The van der Waals surface area contributed by atoms with Gasteiger partial charge >= 0.3 is 0 Å². The van der Waals surface area contributed by atoms with Crippen molar-refractivity contribution in [3.8, 4) is 0 Å². The SMILES string of the molecule is OCC1(Nc2ccccc2Br)CCN2CCCC21. The highest BCUT2D eigenvalue weighted by atomic mass is 79.9. The van der Waals surface area contributed by atoms with Crippen molar-refractivity contribution in [2.24, 2.45) is 0 Å². The van der Waals surface area contributed by atoms with Crippen LogP contribution in [-0.4, -0.2) is 41.3 Å². The Morgan fingerprint density at radius 2 is 2.22 bits per heavy atom. The zero-order valence-corrected chi connectivity index (χ0v) is 12.0. The molecule has 1 aromatic rings. The molecule has 0 spiro atoms. The van der Waals surface area contributed by atoms with Crippen LogP contribution in [0.15, 0.2) is 28.7 Å². The van der Waals surface area contributed by atoms with E-state index in [4.69, 9.17) is 0 Å². The molecule has 0 radical (unpaired) electrons. The quantitative estimate of drug-likeness (QED) is 0.900.